The number of carbonyl (C=O) groups is 1. The van der Waals surface area contributed by atoms with Crippen molar-refractivity contribution in [3.63, 3.8) is 0 Å². The number of halogens is 1. The van der Waals surface area contributed by atoms with Gasteiger partial charge in [0.05, 0.1) is 12.1 Å². The second kappa shape index (κ2) is 7.01. The molecule has 0 spiro atoms. The van der Waals surface area contributed by atoms with E-state index in [2.05, 4.69) is 11.1 Å². The molecule has 2 aromatic rings. The number of ether oxygens (including phenoxy) is 1. The molecule has 1 saturated heterocycles. The van der Waals surface area contributed by atoms with Gasteiger partial charge in [-0.05, 0) is 49.1 Å². The van der Waals surface area contributed by atoms with E-state index in [1.165, 1.54) is 11.8 Å². The smallest absolute Gasteiger partial charge is 0.272 e. The number of amides is 1. The third kappa shape index (κ3) is 3.64. The third-order valence-corrected chi connectivity index (χ3v) is 4.41. The Bertz CT molecular complexity index is 688. The lowest BCUT2D eigenvalue weighted by Gasteiger charge is -2.24. The Morgan fingerprint density at radius 3 is 3.00 bits per heavy atom. The number of hydrogen-bond donors (Lipinski definition) is 0. The number of aromatic nitrogens is 1. The summed E-state index contributed by atoms with van der Waals surface area (Å²) in [5.41, 5.74) is 1.63. The Balaban J connectivity index is 1.74. The molecule has 23 heavy (non-hydrogen) atoms. The molecule has 0 bridgehead atoms. The lowest BCUT2D eigenvalue weighted by molar-refractivity contribution is 0.0730. The van der Waals surface area contributed by atoms with Crippen LogP contribution in [0.4, 0.5) is 0 Å². The molecular formula is C18H19ClN2O2. The fourth-order valence-corrected chi connectivity index (χ4v) is 3.15. The van der Waals surface area contributed by atoms with Gasteiger partial charge in [-0.3, -0.25) is 4.79 Å². The number of pyridine rings is 1. The van der Waals surface area contributed by atoms with Crippen LogP contribution in [0.5, 0.6) is 5.75 Å². The van der Waals surface area contributed by atoms with Crippen molar-refractivity contribution in [2.24, 2.45) is 0 Å². The Kier molecular flexibility index (Phi) is 4.82. The van der Waals surface area contributed by atoms with Crippen LogP contribution >= 0.6 is 11.6 Å². The number of benzene rings is 1. The topological polar surface area (TPSA) is 42.4 Å². The first-order valence-electron chi connectivity index (χ1n) is 7.73. The van der Waals surface area contributed by atoms with Crippen LogP contribution in [0.15, 0.2) is 42.6 Å². The molecule has 0 aliphatic carbocycles. The lowest BCUT2D eigenvalue weighted by atomic mass is 10.0. The largest absolute Gasteiger partial charge is 0.497 e. The summed E-state index contributed by atoms with van der Waals surface area (Å²) in [5, 5.41) is 0.538. The Labute approximate surface area is 141 Å². The predicted molar refractivity (Wildman–Crippen MR) is 90.0 cm³/mol. The highest BCUT2D eigenvalue weighted by atomic mass is 35.5. The Morgan fingerprint density at radius 2 is 2.26 bits per heavy atom. The van der Waals surface area contributed by atoms with Crippen molar-refractivity contribution in [3.8, 4) is 5.75 Å². The molecule has 0 N–H and O–H groups in total. The number of rotatable bonds is 4. The fourth-order valence-electron chi connectivity index (χ4n) is 3.04. The molecule has 1 aromatic carbocycles. The summed E-state index contributed by atoms with van der Waals surface area (Å²) in [6.07, 6.45) is 4.38. The fraction of sp³-hybridized carbons (Fsp3) is 0.333. The molecule has 4 nitrogen and oxygen atoms in total. The zero-order chi connectivity index (χ0) is 16.2. The van der Waals surface area contributed by atoms with E-state index in [1.807, 2.05) is 23.1 Å². The number of likely N-dealkylation sites (tertiary alicyclic amines) is 1. The lowest BCUT2D eigenvalue weighted by Crippen LogP contribution is -2.37. The number of methoxy groups -OCH3 is 1. The highest BCUT2D eigenvalue weighted by Gasteiger charge is 2.30. The zero-order valence-corrected chi connectivity index (χ0v) is 13.8. The van der Waals surface area contributed by atoms with Gasteiger partial charge in [0, 0.05) is 18.8 Å². The maximum absolute atomic E-state index is 12.7. The Morgan fingerprint density at radius 1 is 1.39 bits per heavy atom. The van der Waals surface area contributed by atoms with Gasteiger partial charge in [-0.1, -0.05) is 23.7 Å². The summed E-state index contributed by atoms with van der Waals surface area (Å²) in [5.74, 6) is 0.824. The van der Waals surface area contributed by atoms with Gasteiger partial charge in [0.2, 0.25) is 0 Å². The van der Waals surface area contributed by atoms with E-state index >= 15 is 0 Å². The number of nitrogens with zero attached hydrogens (tertiary/aromatic N) is 2. The summed E-state index contributed by atoms with van der Waals surface area (Å²) >= 11 is 5.84. The average Bonchev–Trinajstić information content (AvgIpc) is 3.03. The van der Waals surface area contributed by atoms with Crippen LogP contribution in [0.1, 0.15) is 28.9 Å². The van der Waals surface area contributed by atoms with E-state index in [4.69, 9.17) is 16.3 Å². The van der Waals surface area contributed by atoms with Crippen LogP contribution in [0.25, 0.3) is 0 Å². The standard InChI is InChI=1S/C18H19ClN2O2/c1-23-16-6-2-4-13(11-16)10-15-5-3-9-21(15)18(22)17-8-7-14(19)12-20-17/h2,4,6-8,11-12,15H,3,5,9-10H2,1H3. The second-order valence-corrected chi connectivity index (χ2v) is 6.15. The highest BCUT2D eigenvalue weighted by molar-refractivity contribution is 6.30. The van der Waals surface area contributed by atoms with E-state index in [1.54, 1.807) is 19.2 Å². The zero-order valence-electron chi connectivity index (χ0n) is 13.0. The van der Waals surface area contributed by atoms with Crippen molar-refractivity contribution in [3.05, 3.63) is 58.9 Å². The maximum atomic E-state index is 12.7. The van der Waals surface area contributed by atoms with Crippen LogP contribution in [0.2, 0.25) is 5.02 Å². The highest BCUT2D eigenvalue weighted by Crippen LogP contribution is 2.24. The van der Waals surface area contributed by atoms with E-state index in [0.717, 1.165) is 31.6 Å². The number of carbonyl (C=O) groups excluding carboxylic acids is 1. The normalized spacial score (nSPS) is 17.3. The van der Waals surface area contributed by atoms with Crippen LogP contribution in [-0.4, -0.2) is 35.5 Å². The van der Waals surface area contributed by atoms with Crippen molar-refractivity contribution in [2.75, 3.05) is 13.7 Å². The summed E-state index contributed by atoms with van der Waals surface area (Å²) in [6, 6.07) is 11.6. The molecule has 1 aliphatic rings. The van der Waals surface area contributed by atoms with Crippen LogP contribution in [0.3, 0.4) is 0 Å². The SMILES string of the molecule is COc1cccc(CC2CCCN2C(=O)c2ccc(Cl)cn2)c1. The first-order valence-corrected chi connectivity index (χ1v) is 8.10. The van der Waals surface area contributed by atoms with Gasteiger partial charge in [0.1, 0.15) is 11.4 Å². The van der Waals surface area contributed by atoms with Gasteiger partial charge in [0.25, 0.3) is 5.91 Å². The maximum Gasteiger partial charge on any atom is 0.272 e. The summed E-state index contributed by atoms with van der Waals surface area (Å²) in [7, 11) is 1.66. The predicted octanol–water partition coefficient (Wildman–Crippen LogP) is 3.59. The van der Waals surface area contributed by atoms with Gasteiger partial charge >= 0.3 is 0 Å². The summed E-state index contributed by atoms with van der Waals surface area (Å²) in [6.45, 7) is 0.776. The molecule has 120 valence electrons. The molecule has 0 radical (unpaired) electrons. The molecular weight excluding hydrogens is 312 g/mol. The molecule has 5 heteroatoms. The molecule has 1 amide bonds. The third-order valence-electron chi connectivity index (χ3n) is 4.19. The summed E-state index contributed by atoms with van der Waals surface area (Å²) in [4.78, 5) is 18.8. The summed E-state index contributed by atoms with van der Waals surface area (Å²) < 4.78 is 5.27. The first-order chi connectivity index (χ1) is 11.2. The molecule has 1 aliphatic heterocycles. The van der Waals surface area contributed by atoms with E-state index in [9.17, 15) is 4.79 Å². The van der Waals surface area contributed by atoms with E-state index in [0.29, 0.717) is 10.7 Å². The van der Waals surface area contributed by atoms with Crippen molar-refractivity contribution in [1.82, 2.24) is 9.88 Å². The Hall–Kier alpha value is -2.07. The quantitative estimate of drug-likeness (QED) is 0.860. The first kappa shape index (κ1) is 15.8. The molecule has 3 rings (SSSR count). The minimum Gasteiger partial charge on any atom is -0.497 e. The van der Waals surface area contributed by atoms with Crippen LogP contribution in [0, 0.1) is 0 Å². The molecule has 0 saturated carbocycles. The average molecular weight is 331 g/mol. The van der Waals surface area contributed by atoms with E-state index in [-0.39, 0.29) is 11.9 Å². The van der Waals surface area contributed by atoms with Crippen molar-refractivity contribution in [1.29, 1.82) is 0 Å². The molecule has 1 atom stereocenters. The van der Waals surface area contributed by atoms with Crippen LogP contribution in [-0.2, 0) is 6.42 Å². The van der Waals surface area contributed by atoms with Gasteiger partial charge in [-0.25, -0.2) is 4.98 Å². The van der Waals surface area contributed by atoms with Gasteiger partial charge in [-0.2, -0.15) is 0 Å². The molecule has 1 aromatic heterocycles. The second-order valence-electron chi connectivity index (χ2n) is 5.71. The monoisotopic (exact) mass is 330 g/mol. The van der Waals surface area contributed by atoms with Crippen molar-refractivity contribution < 1.29 is 9.53 Å². The van der Waals surface area contributed by atoms with Gasteiger partial charge in [0.15, 0.2) is 0 Å². The van der Waals surface area contributed by atoms with Gasteiger partial charge in [-0.15, -0.1) is 0 Å². The van der Waals surface area contributed by atoms with Crippen molar-refractivity contribution >= 4 is 17.5 Å². The minimum absolute atomic E-state index is 0.0212. The molecule has 1 fully saturated rings. The molecule has 1 unspecified atom stereocenters. The van der Waals surface area contributed by atoms with Crippen molar-refractivity contribution in [2.45, 2.75) is 25.3 Å². The van der Waals surface area contributed by atoms with Gasteiger partial charge < -0.3 is 9.64 Å². The molecule has 2 heterocycles. The van der Waals surface area contributed by atoms with Crippen LogP contribution < -0.4 is 4.74 Å². The number of hydrogen-bond acceptors (Lipinski definition) is 3. The van der Waals surface area contributed by atoms with E-state index < -0.39 is 0 Å². The minimum atomic E-state index is -0.0212.